The van der Waals surface area contributed by atoms with Crippen molar-refractivity contribution in [3.05, 3.63) is 251 Å². The van der Waals surface area contributed by atoms with Crippen molar-refractivity contribution in [2.24, 2.45) is 10.7 Å². The largest absolute Gasteiger partial charge is 0.445 e. The van der Waals surface area contributed by atoms with Crippen LogP contribution in [0.15, 0.2) is 217 Å². The molecule has 0 bridgehead atoms. The molecule has 5 aliphatic heterocycles. The van der Waals surface area contributed by atoms with Crippen LogP contribution in [0.3, 0.4) is 0 Å². The molecule has 5 amide bonds. The number of nitrogens with one attached hydrogen (secondary N) is 2. The van der Waals surface area contributed by atoms with Gasteiger partial charge in [0.2, 0.25) is 6.29 Å². The lowest BCUT2D eigenvalue weighted by molar-refractivity contribution is -0.334. The van der Waals surface area contributed by atoms with Gasteiger partial charge >= 0.3 is 30.5 Å². The lowest BCUT2D eigenvalue weighted by Crippen LogP contribution is -2.71. The fraction of sp³-hybridized carbons (Fsp3) is 0.377. The van der Waals surface area contributed by atoms with Gasteiger partial charge in [-0.3, -0.25) is 9.80 Å². The molecule has 13 rings (SSSR count). The number of nitrogens with zero attached hydrogens (tertiary/aromatic N) is 3. The van der Waals surface area contributed by atoms with Gasteiger partial charge in [-0.05, 0) is 34.2 Å². The van der Waals surface area contributed by atoms with Gasteiger partial charge in [0.25, 0.3) is 0 Å². The van der Waals surface area contributed by atoms with E-state index in [4.69, 9.17) is 67.3 Å². The van der Waals surface area contributed by atoms with Crippen molar-refractivity contribution in [2.45, 2.75) is 162 Å². The van der Waals surface area contributed by atoms with Gasteiger partial charge in [-0.25, -0.2) is 24.0 Å². The molecule has 5 heterocycles. The van der Waals surface area contributed by atoms with E-state index < -0.39 is 165 Å². The summed E-state index contributed by atoms with van der Waals surface area (Å²) in [7, 11) is 0. The molecule has 6 aliphatic rings. The van der Waals surface area contributed by atoms with E-state index in [9.17, 15) is 49.5 Å². The van der Waals surface area contributed by atoms with Gasteiger partial charge in [0.1, 0.15) is 112 Å². The van der Waals surface area contributed by atoms with E-state index in [2.05, 4.69) is 15.6 Å². The molecule has 0 spiro atoms. The number of nitrogens with two attached hydrogens (primary N) is 1. The standard InChI is InChI=1S/C77H82N6O23/c78-52-36-53(79-73(89)94-40-45-22-8-1-9-23-45)63(104-70-57(80-74(90)95-41-46-24-10-2-11-25-46)60(86)64-54(99-70)37-82(68(102-64)50-32-18-6-19-33-50)76(92)97-43-48-28-14-4-15-29-48)67(59(52)85)106-72-62(88)66(56(39-84)101-72)105-71-58(81-75(91)96-42-47-26-12-3-13-27-47)61(87)65-55(100-71)38-83(69(103-65)51-34-20-7-21-35-51)77(93)98-44-49-30-16-5-17-31-49/h1-35,52-57,59-72,84-88H,36-44,78H2,(H,79,89)(H,80,90)/b81-58+/t52-,53+,54-,55+,56-,57-,59+,60+,61-,62-,63-,64-,65-,66-,67-,68?,69?,70-,71-,72+/m1/s1. The van der Waals surface area contributed by atoms with E-state index in [1.54, 1.807) is 200 Å². The van der Waals surface area contributed by atoms with Gasteiger partial charge in [0.15, 0.2) is 25.0 Å². The van der Waals surface area contributed by atoms with E-state index in [0.29, 0.717) is 38.9 Å². The van der Waals surface area contributed by atoms with Crippen molar-refractivity contribution in [3.63, 3.8) is 0 Å². The summed E-state index contributed by atoms with van der Waals surface area (Å²) in [4.78, 5) is 77.5. The van der Waals surface area contributed by atoms with Crippen LogP contribution in [0.1, 0.15) is 57.8 Å². The number of alkyl carbamates (subject to hydrolysis) is 2. The van der Waals surface area contributed by atoms with Crippen LogP contribution in [0, 0.1) is 0 Å². The Hall–Kier alpha value is -9.80. The second-order valence-electron chi connectivity index (χ2n) is 26.1. The highest BCUT2D eigenvalue weighted by Crippen LogP contribution is 2.42. The molecular formula is C77H82N6O23. The number of ether oxygens (including phenoxy) is 13. The molecule has 106 heavy (non-hydrogen) atoms. The molecule has 5 saturated heterocycles. The Kier molecular flexibility index (Phi) is 24.6. The summed E-state index contributed by atoms with van der Waals surface area (Å²) in [6, 6.07) is 57.2. The number of hydrogen-bond acceptors (Lipinski definition) is 24. The quantitative estimate of drug-likeness (QED) is 0.0365. The molecule has 7 aromatic carbocycles. The third-order valence-electron chi connectivity index (χ3n) is 18.9. The number of aliphatic imine (C=N–C) groups is 1. The topological polar surface area (TPSA) is 375 Å². The fourth-order valence-electron chi connectivity index (χ4n) is 13.5. The highest BCUT2D eigenvalue weighted by molar-refractivity contribution is 5.99. The number of carbonyl (C=O) groups excluding carboxylic acids is 5. The maximum Gasteiger partial charge on any atom is 0.434 e. The molecule has 29 nitrogen and oxygen atoms in total. The molecule has 7 aromatic rings. The number of amides is 5. The van der Waals surface area contributed by atoms with Crippen molar-refractivity contribution in [3.8, 4) is 0 Å². The zero-order chi connectivity index (χ0) is 73.6. The summed E-state index contributed by atoms with van der Waals surface area (Å²) in [6.07, 6.45) is -32.8. The van der Waals surface area contributed by atoms with Gasteiger partial charge in [-0.2, -0.15) is 4.99 Å². The van der Waals surface area contributed by atoms with E-state index in [1.165, 1.54) is 9.80 Å². The number of hydrogen-bond donors (Lipinski definition) is 8. The van der Waals surface area contributed by atoms with Crippen molar-refractivity contribution >= 4 is 36.2 Å². The maximum atomic E-state index is 14.4. The SMILES string of the molecule is N[C@@H]1C[C@H](NC(=O)OCc2ccccc2)[C@@H](O[C@H]2O[C@@H]3CN(C(=O)OCc4ccccc4)C(c4ccccc4)O[C@H]3[C@@H](O)[C@H]2NC(=O)OCc2ccccc2)[C@H](O[C@@H]2O[C@H](CO)[C@@H](O[C@H]3O[C@H]4CN(C(=O)OCc5ccccc5)C(c5ccccc5)O[C@H]4[C@H](O)/C3=N\C(=O)OCc3ccccc3)[C@H]2O)[C@H]1O. The van der Waals surface area contributed by atoms with Crippen molar-refractivity contribution < 1.29 is 111 Å². The minimum absolute atomic E-state index is 0.120. The number of benzene rings is 7. The van der Waals surface area contributed by atoms with E-state index >= 15 is 0 Å². The molecule has 6 fully saturated rings. The smallest absolute Gasteiger partial charge is 0.434 e. The predicted molar refractivity (Wildman–Crippen MR) is 370 cm³/mol. The molecule has 29 heteroatoms. The van der Waals surface area contributed by atoms with E-state index in [1.807, 2.05) is 12.1 Å². The van der Waals surface area contributed by atoms with Gasteiger partial charge in [-0.1, -0.05) is 212 Å². The zero-order valence-corrected chi connectivity index (χ0v) is 57.1. The van der Waals surface area contributed by atoms with Crippen LogP contribution < -0.4 is 16.4 Å². The molecule has 2 unspecified atom stereocenters. The summed E-state index contributed by atoms with van der Waals surface area (Å²) in [5, 5.41) is 67.0. The summed E-state index contributed by atoms with van der Waals surface area (Å²) >= 11 is 0. The number of aliphatic hydroxyl groups excluding tert-OH is 5. The van der Waals surface area contributed by atoms with Crippen LogP contribution in [0.4, 0.5) is 24.0 Å². The van der Waals surface area contributed by atoms with Crippen molar-refractivity contribution in [1.29, 1.82) is 0 Å². The summed E-state index contributed by atoms with van der Waals surface area (Å²) in [5.41, 5.74) is 10.5. The van der Waals surface area contributed by atoms with Gasteiger partial charge in [0, 0.05) is 17.2 Å². The van der Waals surface area contributed by atoms with Crippen molar-refractivity contribution in [2.75, 3.05) is 19.7 Å². The Labute approximate surface area is 609 Å². The number of aliphatic hydroxyl groups is 5. The third-order valence-corrected chi connectivity index (χ3v) is 18.9. The summed E-state index contributed by atoms with van der Waals surface area (Å²) in [5.74, 6) is 0. The summed E-state index contributed by atoms with van der Waals surface area (Å²) in [6.45, 7) is -2.45. The second-order valence-corrected chi connectivity index (χ2v) is 26.1. The minimum Gasteiger partial charge on any atom is -0.445 e. The molecule has 0 aromatic heterocycles. The molecule has 20 atom stereocenters. The number of carbonyl (C=O) groups is 5. The highest BCUT2D eigenvalue weighted by Gasteiger charge is 2.59. The van der Waals surface area contributed by atoms with Crippen LogP contribution in [0.2, 0.25) is 0 Å². The average Bonchev–Trinajstić information content (AvgIpc) is 0.899. The molecule has 558 valence electrons. The van der Waals surface area contributed by atoms with E-state index in [0.717, 1.165) is 0 Å². The minimum atomic E-state index is -2.02. The lowest BCUT2D eigenvalue weighted by atomic mass is 9.83. The molecule has 1 saturated carbocycles. The Morgan fingerprint density at radius 3 is 1.36 bits per heavy atom. The Morgan fingerprint density at radius 1 is 0.453 bits per heavy atom. The Balaban J connectivity index is 0.807. The van der Waals surface area contributed by atoms with Crippen LogP contribution in [-0.4, -0.2) is 201 Å². The zero-order valence-electron chi connectivity index (χ0n) is 57.1. The second kappa shape index (κ2) is 35.1. The molecule has 0 radical (unpaired) electrons. The predicted octanol–water partition coefficient (Wildman–Crippen LogP) is 6.32. The first-order valence-corrected chi connectivity index (χ1v) is 34.7. The van der Waals surface area contributed by atoms with E-state index in [-0.39, 0.29) is 52.5 Å². The van der Waals surface area contributed by atoms with Gasteiger partial charge in [0.05, 0.1) is 31.8 Å². The Bertz CT molecular complexity index is 4040. The third kappa shape index (κ3) is 18.0. The fourth-order valence-corrected chi connectivity index (χ4v) is 13.5. The first-order chi connectivity index (χ1) is 51.6. The van der Waals surface area contributed by atoms with Crippen LogP contribution >= 0.6 is 0 Å². The van der Waals surface area contributed by atoms with Crippen LogP contribution in [0.5, 0.6) is 0 Å². The lowest BCUT2D eigenvalue weighted by Gasteiger charge is -2.52. The van der Waals surface area contributed by atoms with Crippen molar-refractivity contribution in [1.82, 2.24) is 20.4 Å². The number of fused-ring (bicyclic) bond motifs is 2. The average molecular weight is 1460 g/mol. The maximum absolute atomic E-state index is 14.4. The monoisotopic (exact) mass is 1460 g/mol. The van der Waals surface area contributed by atoms with Gasteiger partial charge < -0.3 is 103 Å². The molecular weight excluding hydrogens is 1380 g/mol. The van der Waals surface area contributed by atoms with Crippen LogP contribution in [0.25, 0.3) is 0 Å². The highest BCUT2D eigenvalue weighted by atomic mass is 16.8. The Morgan fingerprint density at radius 2 is 0.877 bits per heavy atom. The first kappa shape index (κ1) is 74.5. The normalized spacial score (nSPS) is 30.2. The van der Waals surface area contributed by atoms with Gasteiger partial charge in [-0.15, -0.1) is 0 Å². The summed E-state index contributed by atoms with van der Waals surface area (Å²) < 4.78 is 81.5. The molecule has 1 aliphatic carbocycles. The molecule has 9 N–H and O–H groups in total. The van der Waals surface area contributed by atoms with Crippen LogP contribution in [-0.2, 0) is 94.6 Å². The number of rotatable bonds is 21. The first-order valence-electron chi connectivity index (χ1n) is 34.7.